The lowest BCUT2D eigenvalue weighted by Gasteiger charge is -2.38. The third-order valence-electron chi connectivity index (χ3n) is 8.57. The van der Waals surface area contributed by atoms with Crippen molar-refractivity contribution < 1.29 is 33.7 Å². The summed E-state index contributed by atoms with van der Waals surface area (Å²) in [6, 6.07) is 21.9. The minimum atomic E-state index is -0.665. The number of nitrogens with zero attached hydrogens (tertiary/aromatic N) is 2. The van der Waals surface area contributed by atoms with Crippen LogP contribution in [0.2, 0.25) is 0 Å². The molecule has 236 valence electrons. The Morgan fingerprint density at radius 1 is 0.889 bits per heavy atom. The summed E-state index contributed by atoms with van der Waals surface area (Å²) >= 11 is 0. The first-order valence-corrected chi connectivity index (χ1v) is 15.6. The number of benzene rings is 3. The van der Waals surface area contributed by atoms with Crippen LogP contribution in [-0.4, -0.2) is 63.5 Å². The zero-order valence-corrected chi connectivity index (χ0v) is 26.0. The summed E-state index contributed by atoms with van der Waals surface area (Å²) < 4.78 is 18.8. The van der Waals surface area contributed by atoms with Gasteiger partial charge in [0.05, 0.1) is 36.5 Å². The molecule has 0 aromatic heterocycles. The molecule has 3 aromatic rings. The van der Waals surface area contributed by atoms with Gasteiger partial charge in [-0.3, -0.25) is 24.2 Å². The molecule has 3 aromatic carbocycles. The Hall–Kier alpha value is -3.89. The summed E-state index contributed by atoms with van der Waals surface area (Å²) in [5.41, 5.74) is 3.74. The number of carbonyl (C=O) groups excluding carboxylic acids is 3. The van der Waals surface area contributed by atoms with Gasteiger partial charge in [-0.2, -0.15) is 0 Å². The first kappa shape index (κ1) is 31.1. The average Bonchev–Trinajstić information content (AvgIpc) is 3.59. The molecule has 0 bridgehead atoms. The largest absolute Gasteiger partial charge is 0.459 e. The van der Waals surface area contributed by atoms with E-state index >= 15 is 0 Å². The minimum Gasteiger partial charge on any atom is -0.459 e. The molecule has 0 unspecified atom stereocenters. The van der Waals surface area contributed by atoms with E-state index in [4.69, 9.17) is 14.2 Å². The molecular weight excluding hydrogens is 572 g/mol. The van der Waals surface area contributed by atoms with Gasteiger partial charge in [0, 0.05) is 18.5 Å². The summed E-state index contributed by atoms with van der Waals surface area (Å²) in [5.74, 6) is -0.778. The highest BCUT2D eigenvalue weighted by atomic mass is 16.7. The maximum absolute atomic E-state index is 13.0. The van der Waals surface area contributed by atoms with Crippen molar-refractivity contribution in [3.05, 3.63) is 106 Å². The van der Waals surface area contributed by atoms with Gasteiger partial charge in [-0.15, -0.1) is 0 Å². The lowest BCUT2D eigenvalue weighted by molar-refractivity contribution is -0.253. The topological polar surface area (TPSA) is 106 Å². The molecular formula is C36H40N2O7. The van der Waals surface area contributed by atoms with E-state index in [0.29, 0.717) is 24.1 Å². The number of carbonyl (C=O) groups is 3. The van der Waals surface area contributed by atoms with E-state index in [1.54, 1.807) is 24.3 Å². The monoisotopic (exact) mass is 612 g/mol. The second-order valence-electron chi connectivity index (χ2n) is 13.0. The lowest BCUT2D eigenvalue weighted by Crippen LogP contribution is -2.45. The van der Waals surface area contributed by atoms with Crippen molar-refractivity contribution in [1.29, 1.82) is 0 Å². The number of imide groups is 1. The molecule has 3 heterocycles. The summed E-state index contributed by atoms with van der Waals surface area (Å²) in [6.45, 7) is 7.14. The Labute approximate surface area is 263 Å². The fourth-order valence-corrected chi connectivity index (χ4v) is 6.32. The third kappa shape index (κ3) is 6.87. The molecule has 3 aliphatic heterocycles. The number of ether oxygens (including phenoxy) is 3. The van der Waals surface area contributed by atoms with Crippen molar-refractivity contribution in [3.63, 3.8) is 0 Å². The van der Waals surface area contributed by atoms with Crippen molar-refractivity contribution in [2.75, 3.05) is 13.1 Å². The molecule has 6 rings (SSSR count). The number of likely N-dealkylation sites (tertiary alicyclic amines) is 1. The first-order chi connectivity index (χ1) is 21.6. The van der Waals surface area contributed by atoms with E-state index < -0.39 is 11.9 Å². The van der Waals surface area contributed by atoms with Gasteiger partial charge in [0.15, 0.2) is 6.29 Å². The van der Waals surface area contributed by atoms with Crippen LogP contribution in [0.4, 0.5) is 0 Å². The summed E-state index contributed by atoms with van der Waals surface area (Å²) in [4.78, 5) is 42.2. The maximum atomic E-state index is 13.0. The van der Waals surface area contributed by atoms with Gasteiger partial charge in [-0.05, 0) is 69.0 Å². The smallest absolute Gasteiger partial charge is 0.323 e. The van der Waals surface area contributed by atoms with Crippen molar-refractivity contribution in [2.24, 2.45) is 0 Å². The molecule has 0 spiro atoms. The fourth-order valence-electron chi connectivity index (χ4n) is 6.32. The highest BCUT2D eigenvalue weighted by Gasteiger charge is 2.39. The van der Waals surface area contributed by atoms with Crippen LogP contribution in [0.1, 0.15) is 95.4 Å². The molecule has 9 heteroatoms. The second-order valence-corrected chi connectivity index (χ2v) is 13.0. The molecule has 2 amide bonds. The number of aliphatic hydroxyl groups is 1. The molecule has 9 nitrogen and oxygen atoms in total. The van der Waals surface area contributed by atoms with E-state index in [0.717, 1.165) is 41.6 Å². The predicted octanol–water partition coefficient (Wildman–Crippen LogP) is 5.33. The normalized spacial score (nSPS) is 23.8. The highest BCUT2D eigenvalue weighted by Crippen LogP contribution is 2.39. The zero-order valence-electron chi connectivity index (χ0n) is 26.0. The number of amides is 2. The summed E-state index contributed by atoms with van der Waals surface area (Å²) in [5, 5.41) is 9.52. The first-order valence-electron chi connectivity index (χ1n) is 15.6. The van der Waals surface area contributed by atoms with Crippen LogP contribution in [0.3, 0.4) is 0 Å². The molecule has 2 saturated heterocycles. The van der Waals surface area contributed by atoms with Gasteiger partial charge in [0.25, 0.3) is 11.8 Å². The zero-order chi connectivity index (χ0) is 31.7. The molecule has 0 saturated carbocycles. The Morgan fingerprint density at radius 2 is 1.51 bits per heavy atom. The molecule has 2 fully saturated rings. The number of aliphatic hydroxyl groups excluding tert-OH is 1. The SMILES string of the molecule is CC(C)(C)OC(=O)[C@@H]1CCCN1C[C@H]1C[C@@H](c2ccc(CO)cc2)O[C@@H](c2ccc(CN3C(=O)c4ccccc4C3=O)cc2)O1. The Bertz CT molecular complexity index is 1510. The van der Waals surface area contributed by atoms with Gasteiger partial charge in [-0.25, -0.2) is 0 Å². The summed E-state index contributed by atoms with van der Waals surface area (Å²) in [7, 11) is 0. The van der Waals surface area contributed by atoms with E-state index in [2.05, 4.69) is 4.90 Å². The Morgan fingerprint density at radius 3 is 2.13 bits per heavy atom. The van der Waals surface area contributed by atoms with Crippen molar-refractivity contribution in [1.82, 2.24) is 9.80 Å². The molecule has 4 atom stereocenters. The van der Waals surface area contributed by atoms with Crippen LogP contribution < -0.4 is 0 Å². The molecule has 0 aliphatic carbocycles. The van der Waals surface area contributed by atoms with Gasteiger partial charge >= 0.3 is 5.97 Å². The van der Waals surface area contributed by atoms with Crippen molar-refractivity contribution in [2.45, 2.75) is 83.3 Å². The van der Waals surface area contributed by atoms with E-state index in [1.165, 1.54) is 4.90 Å². The van der Waals surface area contributed by atoms with Crippen LogP contribution >= 0.6 is 0 Å². The van der Waals surface area contributed by atoms with E-state index in [9.17, 15) is 19.5 Å². The van der Waals surface area contributed by atoms with Crippen LogP contribution in [0.25, 0.3) is 0 Å². The number of fused-ring (bicyclic) bond motifs is 1. The molecule has 3 aliphatic rings. The van der Waals surface area contributed by atoms with E-state index in [1.807, 2.05) is 69.3 Å². The van der Waals surface area contributed by atoms with Gasteiger partial charge in [-0.1, -0.05) is 60.7 Å². The molecule has 45 heavy (non-hydrogen) atoms. The van der Waals surface area contributed by atoms with Gasteiger partial charge in [0.1, 0.15) is 11.6 Å². The molecule has 0 radical (unpaired) electrons. The second kappa shape index (κ2) is 12.8. The van der Waals surface area contributed by atoms with Crippen LogP contribution in [0, 0.1) is 0 Å². The van der Waals surface area contributed by atoms with Crippen LogP contribution in [0.15, 0.2) is 72.8 Å². The number of hydrogen-bond acceptors (Lipinski definition) is 8. The Kier molecular flexibility index (Phi) is 8.88. The lowest BCUT2D eigenvalue weighted by atomic mass is 9.99. The van der Waals surface area contributed by atoms with Crippen LogP contribution in [0.5, 0.6) is 0 Å². The van der Waals surface area contributed by atoms with Crippen LogP contribution in [-0.2, 0) is 32.2 Å². The van der Waals surface area contributed by atoms with Gasteiger partial charge in [0.2, 0.25) is 0 Å². The quantitative estimate of drug-likeness (QED) is 0.269. The average molecular weight is 613 g/mol. The third-order valence-corrected chi connectivity index (χ3v) is 8.57. The van der Waals surface area contributed by atoms with Crippen molar-refractivity contribution >= 4 is 17.8 Å². The maximum Gasteiger partial charge on any atom is 0.323 e. The summed E-state index contributed by atoms with van der Waals surface area (Å²) in [6.07, 6.45) is 1.13. The van der Waals surface area contributed by atoms with Gasteiger partial charge < -0.3 is 19.3 Å². The number of rotatable bonds is 8. The highest BCUT2D eigenvalue weighted by molar-refractivity contribution is 6.21. The number of esters is 1. The minimum absolute atomic E-state index is 0.0335. The standard InChI is InChI=1S/C36H40N2O7/c1-36(2,3)45-34(42)30-9-6-18-37(30)21-27-19-31(25-14-12-24(22-39)13-15-25)44-35(43-27)26-16-10-23(11-17-26)20-38-32(40)28-7-4-5-8-29(28)33(38)41/h4-5,7-8,10-17,27,30-31,35,39H,6,9,18-22H2,1-3H3/t27-,30+,31+,35+/m1/s1. The Balaban J connectivity index is 1.19. The predicted molar refractivity (Wildman–Crippen MR) is 166 cm³/mol. The van der Waals surface area contributed by atoms with Crippen molar-refractivity contribution in [3.8, 4) is 0 Å². The van der Waals surface area contributed by atoms with E-state index in [-0.39, 0.29) is 49.2 Å². The molecule has 1 N–H and O–H groups in total. The fraction of sp³-hybridized carbons (Fsp3) is 0.417. The number of hydrogen-bond donors (Lipinski definition) is 1.